The van der Waals surface area contributed by atoms with Crippen LogP contribution in [0.2, 0.25) is 0 Å². The van der Waals surface area contributed by atoms with E-state index >= 15 is 0 Å². The lowest BCUT2D eigenvalue weighted by Crippen LogP contribution is -2.18. The second-order valence-electron chi connectivity index (χ2n) is 25.8. The molecule has 3 fully saturated rings. The molecular formula is C53H118. The Kier molecular flexibility index (Phi) is 36.9. The van der Waals surface area contributed by atoms with Crippen LogP contribution in [-0.4, -0.2) is 0 Å². The summed E-state index contributed by atoms with van der Waals surface area (Å²) in [5, 5.41) is 0. The molecule has 0 aliphatic heterocycles. The molecule has 0 atom stereocenters. The monoisotopic (exact) mass is 755 g/mol. The molecule has 0 unspecified atom stereocenters. The third-order valence-electron chi connectivity index (χ3n) is 8.61. The summed E-state index contributed by atoms with van der Waals surface area (Å²) in [6.07, 6.45) is 18.5. The minimum Gasteiger partial charge on any atom is -0.0776 e. The topological polar surface area (TPSA) is 0 Å². The average molecular weight is 756 g/mol. The standard InChI is InChI=1S/C9H18.C8H16.C8H18.C7H14.C7H16.C6H14.C5H12.C2H6.CH4/c1-9(2,3)7-8-5-4-6-8;1-8(2,3)6-7-4-5-7;1-7(2)6-8(3,4)5;1-7(2,3)6-4-5-6;1-5-6-7(2,3)4;1-5-6(2,3)4;1-5(2,3)4;1-2;/h8H,4-7H2,1-3H3;7H,4-6H2,1-3H3;7H,6H2,1-5H3;6H,4-5H2,1-3H3;5-6H2,1-4H3;5H2,1-4H3;1-4H3;1-2H3;1H4. The lowest BCUT2D eigenvalue weighted by atomic mass is 9.74. The van der Waals surface area contributed by atoms with E-state index in [1.807, 2.05) is 13.8 Å². The maximum absolute atomic E-state index is 2.34. The quantitative estimate of drug-likeness (QED) is 0.268. The van der Waals surface area contributed by atoms with Gasteiger partial charge in [0.1, 0.15) is 0 Å². The zero-order chi connectivity index (χ0) is 43.0. The van der Waals surface area contributed by atoms with Gasteiger partial charge in [-0.3, -0.25) is 0 Å². The van der Waals surface area contributed by atoms with Crippen molar-refractivity contribution in [2.24, 2.45) is 61.6 Å². The van der Waals surface area contributed by atoms with Gasteiger partial charge in [-0.25, -0.2) is 0 Å². The Morgan fingerprint density at radius 1 is 0.453 bits per heavy atom. The molecule has 0 heteroatoms. The summed E-state index contributed by atoms with van der Waals surface area (Å²) in [5.41, 5.74) is 3.88. The summed E-state index contributed by atoms with van der Waals surface area (Å²) in [5.74, 6) is 4.06. The second kappa shape index (κ2) is 30.1. The SMILES string of the molecule is C.CC.CC(C)(C)C.CC(C)(C)C1CC1.CC(C)(C)CC1CC1.CC(C)(C)CC1CCC1.CC(C)CC(C)(C)C.CCC(C)(C)C.CCCC(C)(C)C. The Hall–Kier alpha value is 0. The second-order valence-corrected chi connectivity index (χ2v) is 25.8. The zero-order valence-electron chi connectivity index (χ0n) is 43.0. The van der Waals surface area contributed by atoms with Crippen molar-refractivity contribution < 1.29 is 0 Å². The van der Waals surface area contributed by atoms with Gasteiger partial charge in [0.05, 0.1) is 0 Å². The largest absolute Gasteiger partial charge is 0.0776 e. The van der Waals surface area contributed by atoms with Crippen LogP contribution < -0.4 is 0 Å². The maximum atomic E-state index is 2.34. The molecule has 3 rings (SSSR count). The van der Waals surface area contributed by atoms with Gasteiger partial charge in [-0.05, 0) is 100 Å². The van der Waals surface area contributed by atoms with Gasteiger partial charge >= 0.3 is 0 Å². The highest BCUT2D eigenvalue weighted by atomic mass is 14.4. The summed E-state index contributed by atoms with van der Waals surface area (Å²) < 4.78 is 0. The van der Waals surface area contributed by atoms with Crippen LogP contribution in [0.4, 0.5) is 0 Å². The van der Waals surface area contributed by atoms with Gasteiger partial charge in [0, 0.05) is 0 Å². The number of hydrogen-bond donors (Lipinski definition) is 0. The number of rotatable bonds is 4. The minimum absolute atomic E-state index is 0. The van der Waals surface area contributed by atoms with Crippen LogP contribution in [-0.2, 0) is 0 Å². The lowest BCUT2D eigenvalue weighted by molar-refractivity contribution is 0.207. The summed E-state index contributed by atoms with van der Waals surface area (Å²) in [6, 6.07) is 0. The van der Waals surface area contributed by atoms with Crippen LogP contribution in [0.15, 0.2) is 0 Å². The molecule has 0 aromatic rings. The Morgan fingerprint density at radius 2 is 0.755 bits per heavy atom. The molecule has 0 aromatic carbocycles. The molecule has 0 nitrogen and oxygen atoms in total. The van der Waals surface area contributed by atoms with Gasteiger partial charge in [-0.15, -0.1) is 0 Å². The van der Waals surface area contributed by atoms with E-state index in [0.717, 1.165) is 23.7 Å². The lowest BCUT2D eigenvalue weighted by Gasteiger charge is -2.31. The van der Waals surface area contributed by atoms with Crippen LogP contribution in [0.5, 0.6) is 0 Å². The van der Waals surface area contributed by atoms with Crippen molar-refractivity contribution >= 4 is 0 Å². The van der Waals surface area contributed by atoms with Gasteiger partial charge in [0.2, 0.25) is 0 Å². The Morgan fingerprint density at radius 3 is 0.774 bits per heavy atom. The molecule has 0 saturated heterocycles. The predicted molar refractivity (Wildman–Crippen MR) is 257 cm³/mol. The smallest absolute Gasteiger partial charge is 0.0354 e. The first kappa shape index (κ1) is 64.9. The molecule has 3 aliphatic rings. The third-order valence-corrected chi connectivity index (χ3v) is 8.61. The molecule has 3 aliphatic carbocycles. The van der Waals surface area contributed by atoms with Crippen LogP contribution in [0.1, 0.15) is 285 Å². The van der Waals surface area contributed by atoms with Gasteiger partial charge in [-0.2, -0.15) is 0 Å². The molecule has 0 bridgehead atoms. The van der Waals surface area contributed by atoms with E-state index in [9.17, 15) is 0 Å². The van der Waals surface area contributed by atoms with Crippen molar-refractivity contribution in [3.8, 4) is 0 Å². The fourth-order valence-corrected chi connectivity index (χ4v) is 5.68. The van der Waals surface area contributed by atoms with Gasteiger partial charge in [0.15, 0.2) is 0 Å². The number of hydrogen-bond acceptors (Lipinski definition) is 0. The summed E-state index contributed by atoms with van der Waals surface area (Å²) in [7, 11) is 0. The highest BCUT2D eigenvalue weighted by Gasteiger charge is 2.33. The summed E-state index contributed by atoms with van der Waals surface area (Å²) in [4.78, 5) is 0. The predicted octanol–water partition coefficient (Wildman–Crippen LogP) is 20.6. The first-order chi connectivity index (χ1) is 22.8. The Bertz CT molecular complexity index is 712. The van der Waals surface area contributed by atoms with E-state index in [2.05, 4.69) is 180 Å². The van der Waals surface area contributed by atoms with E-state index in [1.54, 1.807) is 0 Å². The first-order valence-electron chi connectivity index (χ1n) is 22.8. The van der Waals surface area contributed by atoms with E-state index in [4.69, 9.17) is 0 Å². The fourth-order valence-electron chi connectivity index (χ4n) is 5.68. The van der Waals surface area contributed by atoms with E-state index in [1.165, 1.54) is 83.5 Å². The van der Waals surface area contributed by atoms with Crippen molar-refractivity contribution in [2.45, 2.75) is 285 Å². The van der Waals surface area contributed by atoms with Crippen molar-refractivity contribution in [3.05, 3.63) is 0 Å². The summed E-state index contributed by atoms with van der Waals surface area (Å²) in [6.45, 7) is 63.1. The molecule has 0 radical (unpaired) electrons. The Labute approximate surface area is 345 Å². The van der Waals surface area contributed by atoms with Crippen LogP contribution in [0.25, 0.3) is 0 Å². The van der Waals surface area contributed by atoms with Gasteiger partial charge < -0.3 is 0 Å². The molecule has 0 spiro atoms. The normalized spacial score (nSPS) is 16.0. The third kappa shape index (κ3) is 81.2. The average Bonchev–Trinajstić information content (AvgIpc) is 3.74. The Balaban J connectivity index is -0.000000121. The maximum Gasteiger partial charge on any atom is -0.0354 e. The van der Waals surface area contributed by atoms with E-state index in [-0.39, 0.29) is 7.43 Å². The van der Waals surface area contributed by atoms with Crippen LogP contribution >= 0.6 is 0 Å². The van der Waals surface area contributed by atoms with Crippen molar-refractivity contribution in [1.29, 1.82) is 0 Å². The van der Waals surface area contributed by atoms with Crippen LogP contribution in [0, 0.1) is 61.6 Å². The molecule has 330 valence electrons. The van der Waals surface area contributed by atoms with E-state index in [0.29, 0.717) is 37.9 Å². The zero-order valence-corrected chi connectivity index (χ0v) is 43.0. The molecule has 53 heavy (non-hydrogen) atoms. The van der Waals surface area contributed by atoms with Gasteiger partial charge in [-0.1, -0.05) is 246 Å². The van der Waals surface area contributed by atoms with Crippen LogP contribution in [0.3, 0.4) is 0 Å². The van der Waals surface area contributed by atoms with E-state index < -0.39 is 0 Å². The fraction of sp³-hybridized carbons (Fsp3) is 1.00. The molecule has 3 saturated carbocycles. The molecule has 0 amide bonds. The molecular weight excluding hydrogens is 637 g/mol. The highest BCUT2D eigenvalue weighted by molar-refractivity contribution is 4.84. The van der Waals surface area contributed by atoms with Gasteiger partial charge in [0.25, 0.3) is 0 Å². The highest BCUT2D eigenvalue weighted by Crippen LogP contribution is 2.44. The first-order valence-corrected chi connectivity index (χ1v) is 22.8. The molecule has 0 heterocycles. The molecule has 0 aromatic heterocycles. The molecule has 0 N–H and O–H groups in total. The van der Waals surface area contributed by atoms with Crippen molar-refractivity contribution in [3.63, 3.8) is 0 Å². The van der Waals surface area contributed by atoms with Crippen molar-refractivity contribution in [2.75, 3.05) is 0 Å². The minimum atomic E-state index is 0. The van der Waals surface area contributed by atoms with Crippen molar-refractivity contribution in [1.82, 2.24) is 0 Å². The summed E-state index contributed by atoms with van der Waals surface area (Å²) >= 11 is 0.